The molecule has 5 unspecified atom stereocenters. The first kappa shape index (κ1) is 40.9. The summed E-state index contributed by atoms with van der Waals surface area (Å²) in [6, 6.07) is 4.10. The Morgan fingerprint density at radius 2 is 1.73 bits per heavy atom. The molecule has 1 aliphatic carbocycles. The van der Waals surface area contributed by atoms with Crippen LogP contribution in [0.2, 0.25) is 0 Å². The lowest BCUT2D eigenvalue weighted by Crippen LogP contribution is -2.67. The summed E-state index contributed by atoms with van der Waals surface area (Å²) < 4.78 is 16.6. The number of halogens is 1. The minimum absolute atomic E-state index is 0.00565. The number of hydrogen-bond acceptors (Lipinski definition) is 13. The molecule has 6 amide bonds. The average Bonchev–Trinajstić information content (AvgIpc) is 3.84. The molecule has 7 atom stereocenters. The smallest absolute Gasteiger partial charge is 0.266 e. The van der Waals surface area contributed by atoms with E-state index in [0.29, 0.717) is 18.0 Å². The Morgan fingerprint density at radius 1 is 0.945 bits per heavy atom. The Balaban J connectivity index is 0.823. The van der Waals surface area contributed by atoms with Crippen LogP contribution in [0.4, 0.5) is 0 Å². The molecule has 17 nitrogen and oxygen atoms in total. The van der Waals surface area contributed by atoms with E-state index in [0.717, 1.165) is 50.0 Å². The number of alkyl halides is 1. The van der Waals surface area contributed by atoms with E-state index in [1.807, 2.05) is 0 Å². The van der Waals surface area contributed by atoms with Gasteiger partial charge in [-0.25, -0.2) is 5.01 Å². The highest BCUT2D eigenvalue weighted by Crippen LogP contribution is 2.34. The molecule has 4 fully saturated rings. The molecule has 4 aliphatic heterocycles. The fraction of sp³-hybridized carbons (Fsp3) is 0.676. The predicted octanol–water partition coefficient (Wildman–Crippen LogP) is 0.121. The second-order valence-corrected chi connectivity index (χ2v) is 15.3. The van der Waals surface area contributed by atoms with E-state index in [1.165, 1.54) is 18.2 Å². The topological polar surface area (TPSA) is 209 Å². The van der Waals surface area contributed by atoms with Gasteiger partial charge in [-0.1, -0.05) is 32.8 Å². The zero-order valence-corrected chi connectivity index (χ0v) is 32.2. The van der Waals surface area contributed by atoms with Crippen molar-refractivity contribution in [3.8, 4) is 5.75 Å². The minimum atomic E-state index is -1.11. The number of rotatable bonds is 18. The molecule has 55 heavy (non-hydrogen) atoms. The third-order valence-electron chi connectivity index (χ3n) is 11.1. The van der Waals surface area contributed by atoms with Crippen LogP contribution in [-0.2, 0) is 28.7 Å². The average molecular weight is 789 g/mol. The van der Waals surface area contributed by atoms with Crippen molar-refractivity contribution in [3.63, 3.8) is 0 Å². The van der Waals surface area contributed by atoms with Gasteiger partial charge in [0.15, 0.2) is 6.61 Å². The predicted molar refractivity (Wildman–Crippen MR) is 199 cm³/mol. The summed E-state index contributed by atoms with van der Waals surface area (Å²) in [5.74, 6) is -2.57. The molecule has 6 rings (SSSR count). The molecule has 302 valence electrons. The molecule has 1 aromatic carbocycles. The quantitative estimate of drug-likeness (QED) is 0.0665. The van der Waals surface area contributed by atoms with E-state index in [2.05, 4.69) is 50.9 Å². The number of hydrazine groups is 1. The van der Waals surface area contributed by atoms with Gasteiger partial charge in [-0.05, 0) is 50.2 Å². The highest BCUT2D eigenvalue weighted by Gasteiger charge is 2.47. The first-order valence-corrected chi connectivity index (χ1v) is 19.9. The first-order chi connectivity index (χ1) is 26.6. The monoisotopic (exact) mass is 788 g/mol. The van der Waals surface area contributed by atoms with Gasteiger partial charge in [0.1, 0.15) is 18.4 Å². The normalized spacial score (nSPS) is 28.0. The number of carbonyl (C=O) groups excluding carboxylic acids is 6. The number of imide groups is 2. The zero-order valence-electron chi connectivity index (χ0n) is 31.4. The lowest BCUT2D eigenvalue weighted by Gasteiger charge is -2.46. The summed E-state index contributed by atoms with van der Waals surface area (Å²) in [5, 5.41) is 17.8. The highest BCUT2D eigenvalue weighted by atomic mass is 35.5. The molecule has 0 spiro atoms. The third kappa shape index (κ3) is 9.82. The van der Waals surface area contributed by atoms with E-state index in [4.69, 9.17) is 25.8 Å². The number of fused-ring (bicyclic) bond motifs is 2. The summed E-state index contributed by atoms with van der Waals surface area (Å²) in [6.07, 6.45) is 6.26. The number of piperidine rings is 1. The number of nitrogens with one attached hydrogen (secondary N) is 6. The molecular weight excluding hydrogens is 736 g/mol. The van der Waals surface area contributed by atoms with Crippen LogP contribution in [0.1, 0.15) is 85.9 Å². The Bertz CT molecular complexity index is 1600. The molecule has 4 heterocycles. The zero-order chi connectivity index (χ0) is 39.1. The van der Waals surface area contributed by atoms with Gasteiger partial charge in [0, 0.05) is 37.6 Å². The maximum absolute atomic E-state index is 13.2. The standard InChI is InChI=1S/C37H53ClN8O9/c1-3-21(4-2)26-17-29(46-34(43-26)25(38)18-40-46)41-22-8-9-23(16-22)42-32(49)19-54-15-14-53-13-12-39-31(48)20-55-28-7-5-6-24-33(28)37(52)45(36(24)51)27-10-11-30(47)44-35(27)50/h5-7,21-23,25-27,29,34,40-41,43H,3-4,8-20H2,1-2H3,(H,39,48)(H,42,49)(H,44,47,50)/t22-,23-,25?,26?,27?,29?,34?/m0/s1. The van der Waals surface area contributed by atoms with Gasteiger partial charge in [0.25, 0.3) is 17.7 Å². The van der Waals surface area contributed by atoms with Crippen molar-refractivity contribution in [2.75, 3.05) is 46.1 Å². The largest absolute Gasteiger partial charge is 0.483 e. The maximum Gasteiger partial charge on any atom is 0.266 e. The van der Waals surface area contributed by atoms with Crippen molar-refractivity contribution in [2.24, 2.45) is 5.92 Å². The van der Waals surface area contributed by atoms with Gasteiger partial charge in [-0.3, -0.25) is 55.0 Å². The van der Waals surface area contributed by atoms with Crippen LogP contribution < -0.4 is 36.7 Å². The molecule has 0 bridgehead atoms. The Hall–Kier alpha value is -3.71. The number of hydrogen-bond donors (Lipinski definition) is 6. The fourth-order valence-electron chi connectivity index (χ4n) is 8.29. The summed E-state index contributed by atoms with van der Waals surface area (Å²) in [4.78, 5) is 75.9. The van der Waals surface area contributed by atoms with Gasteiger partial charge >= 0.3 is 0 Å². The summed E-state index contributed by atoms with van der Waals surface area (Å²) in [6.45, 7) is 5.55. The van der Waals surface area contributed by atoms with Crippen LogP contribution >= 0.6 is 11.6 Å². The van der Waals surface area contributed by atoms with Crippen molar-refractivity contribution in [1.82, 2.24) is 41.9 Å². The van der Waals surface area contributed by atoms with Gasteiger partial charge in [-0.15, -0.1) is 11.6 Å². The van der Waals surface area contributed by atoms with Crippen LogP contribution in [0.25, 0.3) is 0 Å². The van der Waals surface area contributed by atoms with Crippen molar-refractivity contribution in [1.29, 1.82) is 0 Å². The summed E-state index contributed by atoms with van der Waals surface area (Å²) in [7, 11) is 0. The summed E-state index contributed by atoms with van der Waals surface area (Å²) >= 11 is 6.66. The molecule has 18 heteroatoms. The van der Waals surface area contributed by atoms with Crippen molar-refractivity contribution in [3.05, 3.63) is 29.3 Å². The lowest BCUT2D eigenvalue weighted by molar-refractivity contribution is -0.136. The lowest BCUT2D eigenvalue weighted by atomic mass is 9.88. The van der Waals surface area contributed by atoms with E-state index < -0.39 is 42.2 Å². The van der Waals surface area contributed by atoms with Crippen molar-refractivity contribution in [2.45, 2.75) is 107 Å². The Kier molecular flexibility index (Phi) is 14.1. The molecule has 1 aromatic rings. The molecule has 3 saturated heterocycles. The van der Waals surface area contributed by atoms with Gasteiger partial charge < -0.3 is 24.8 Å². The molecule has 5 aliphatic rings. The van der Waals surface area contributed by atoms with Crippen molar-refractivity contribution >= 4 is 47.0 Å². The second kappa shape index (κ2) is 19.0. The van der Waals surface area contributed by atoms with Gasteiger partial charge in [-0.2, -0.15) is 0 Å². The second-order valence-electron chi connectivity index (χ2n) is 14.7. The van der Waals surface area contributed by atoms with Crippen LogP contribution in [-0.4, -0.2) is 133 Å². The minimum Gasteiger partial charge on any atom is -0.483 e. The molecule has 6 N–H and O–H groups in total. The molecular formula is C37H53ClN8O9. The van der Waals surface area contributed by atoms with Crippen LogP contribution in [0.3, 0.4) is 0 Å². The molecule has 0 radical (unpaired) electrons. The first-order valence-electron chi connectivity index (χ1n) is 19.4. The van der Waals surface area contributed by atoms with Gasteiger partial charge in [0.2, 0.25) is 17.7 Å². The van der Waals surface area contributed by atoms with Crippen molar-refractivity contribution < 1.29 is 43.0 Å². The van der Waals surface area contributed by atoms with Crippen LogP contribution in [0.5, 0.6) is 5.75 Å². The van der Waals surface area contributed by atoms with E-state index >= 15 is 0 Å². The number of nitrogens with zero attached hydrogens (tertiary/aromatic N) is 2. The summed E-state index contributed by atoms with van der Waals surface area (Å²) in [5.41, 5.74) is 3.50. The maximum atomic E-state index is 13.2. The van der Waals surface area contributed by atoms with E-state index in [-0.39, 0.29) is 92.3 Å². The Morgan fingerprint density at radius 3 is 2.51 bits per heavy atom. The number of carbonyl (C=O) groups is 6. The number of benzene rings is 1. The number of amides is 6. The Labute approximate surface area is 325 Å². The van der Waals surface area contributed by atoms with Crippen LogP contribution in [0, 0.1) is 5.92 Å². The highest BCUT2D eigenvalue weighted by molar-refractivity contribution is 6.24. The molecule has 1 saturated carbocycles. The van der Waals surface area contributed by atoms with Gasteiger partial charge in [0.05, 0.1) is 48.7 Å². The third-order valence-corrected chi connectivity index (χ3v) is 11.5. The fourth-order valence-corrected chi connectivity index (χ4v) is 8.56. The van der Waals surface area contributed by atoms with E-state index in [9.17, 15) is 28.8 Å². The van der Waals surface area contributed by atoms with Crippen LogP contribution in [0.15, 0.2) is 18.2 Å². The van der Waals surface area contributed by atoms with E-state index in [1.54, 1.807) is 0 Å². The SMILES string of the molecule is CCC(CC)C1CC(N[C@H]2CC[C@H](NC(=O)COCCOCCNC(=O)COc3cccc4c3C(=O)N(C3CCC(=O)NC3=O)C4=O)C2)N2NCC(Cl)C2N1. The molecule has 0 aromatic heterocycles. The number of ether oxygens (including phenoxy) is 3.